The number of anilines is 2. The monoisotopic (exact) mass is 267 g/mol. The van der Waals surface area contributed by atoms with Crippen molar-refractivity contribution in [3.8, 4) is 0 Å². The first-order chi connectivity index (χ1) is 9.15. The maximum absolute atomic E-state index is 11.5. The number of hydrogen-bond acceptors (Lipinski definition) is 5. The number of benzene rings is 1. The molecule has 0 bridgehead atoms. The van der Waals surface area contributed by atoms with Gasteiger partial charge in [0.1, 0.15) is 6.61 Å². The number of methoxy groups -OCH3 is 1. The molecule has 7 heteroatoms. The zero-order valence-electron chi connectivity index (χ0n) is 10.6. The maximum atomic E-state index is 11.5. The SMILES string of the molecule is COC(=O)Nc1cccc(NC(=O)COCCN)c1. The molecule has 0 aromatic heterocycles. The normalized spacial score (nSPS) is 9.79. The Morgan fingerprint density at radius 3 is 2.58 bits per heavy atom. The van der Waals surface area contributed by atoms with E-state index in [9.17, 15) is 9.59 Å². The highest BCUT2D eigenvalue weighted by Crippen LogP contribution is 2.15. The zero-order chi connectivity index (χ0) is 14.1. The molecule has 0 radical (unpaired) electrons. The van der Waals surface area contributed by atoms with E-state index < -0.39 is 6.09 Å². The van der Waals surface area contributed by atoms with E-state index >= 15 is 0 Å². The Labute approximate surface area is 111 Å². The van der Waals surface area contributed by atoms with Crippen LogP contribution in [0.1, 0.15) is 0 Å². The molecule has 7 nitrogen and oxygen atoms in total. The van der Waals surface area contributed by atoms with E-state index in [0.717, 1.165) is 0 Å². The molecule has 0 fully saturated rings. The number of amides is 2. The quantitative estimate of drug-likeness (QED) is 0.661. The van der Waals surface area contributed by atoms with Crippen LogP contribution in [0.3, 0.4) is 0 Å². The molecular weight excluding hydrogens is 250 g/mol. The summed E-state index contributed by atoms with van der Waals surface area (Å²) in [6.45, 7) is 0.634. The Morgan fingerprint density at radius 1 is 1.26 bits per heavy atom. The summed E-state index contributed by atoms with van der Waals surface area (Å²) in [5.74, 6) is -0.288. The summed E-state index contributed by atoms with van der Waals surface area (Å²) >= 11 is 0. The van der Waals surface area contributed by atoms with Gasteiger partial charge < -0.3 is 20.5 Å². The van der Waals surface area contributed by atoms with Crippen LogP contribution in [0.2, 0.25) is 0 Å². The van der Waals surface area contributed by atoms with Gasteiger partial charge in [-0.25, -0.2) is 4.79 Å². The van der Waals surface area contributed by atoms with Crippen LogP contribution in [0.4, 0.5) is 16.2 Å². The minimum atomic E-state index is -0.574. The fourth-order valence-electron chi connectivity index (χ4n) is 1.29. The molecule has 1 rings (SSSR count). The summed E-state index contributed by atoms with van der Waals surface area (Å²) < 4.78 is 9.47. The maximum Gasteiger partial charge on any atom is 0.411 e. The fourth-order valence-corrected chi connectivity index (χ4v) is 1.29. The predicted octanol–water partition coefficient (Wildman–Crippen LogP) is 0.779. The lowest BCUT2D eigenvalue weighted by molar-refractivity contribution is -0.120. The van der Waals surface area contributed by atoms with Gasteiger partial charge in [-0.15, -0.1) is 0 Å². The van der Waals surface area contributed by atoms with E-state index in [4.69, 9.17) is 10.5 Å². The minimum absolute atomic E-state index is 0.0636. The van der Waals surface area contributed by atoms with Gasteiger partial charge in [0.25, 0.3) is 0 Å². The lowest BCUT2D eigenvalue weighted by Crippen LogP contribution is -2.20. The largest absolute Gasteiger partial charge is 0.453 e. The molecule has 104 valence electrons. The molecule has 19 heavy (non-hydrogen) atoms. The summed E-state index contributed by atoms with van der Waals surface area (Å²) in [6, 6.07) is 6.68. The van der Waals surface area contributed by atoms with Gasteiger partial charge >= 0.3 is 6.09 Å². The summed E-state index contributed by atoms with van der Waals surface area (Å²) in [6.07, 6.45) is -0.574. The molecular formula is C12H17N3O4. The highest BCUT2D eigenvalue weighted by atomic mass is 16.5. The summed E-state index contributed by atoms with van der Waals surface area (Å²) in [4.78, 5) is 22.5. The van der Waals surface area contributed by atoms with Gasteiger partial charge in [0.05, 0.1) is 13.7 Å². The van der Waals surface area contributed by atoms with Crippen molar-refractivity contribution < 1.29 is 19.1 Å². The van der Waals surface area contributed by atoms with Crippen LogP contribution in [0.15, 0.2) is 24.3 Å². The number of ether oxygens (including phenoxy) is 2. The molecule has 0 atom stereocenters. The Morgan fingerprint density at radius 2 is 1.95 bits per heavy atom. The van der Waals surface area contributed by atoms with Gasteiger partial charge in [-0.2, -0.15) is 0 Å². The van der Waals surface area contributed by atoms with Gasteiger partial charge in [-0.3, -0.25) is 10.1 Å². The Balaban J connectivity index is 2.52. The molecule has 0 aliphatic heterocycles. The van der Waals surface area contributed by atoms with Crippen molar-refractivity contribution in [2.75, 3.05) is 37.5 Å². The number of carbonyl (C=O) groups is 2. The van der Waals surface area contributed by atoms with Crippen molar-refractivity contribution in [3.63, 3.8) is 0 Å². The molecule has 0 saturated carbocycles. The average Bonchev–Trinajstić information content (AvgIpc) is 2.39. The molecule has 0 aliphatic rings. The molecule has 0 heterocycles. The van der Waals surface area contributed by atoms with Gasteiger partial charge in [-0.05, 0) is 18.2 Å². The molecule has 1 aromatic rings. The molecule has 1 aromatic carbocycles. The summed E-state index contributed by atoms with van der Waals surface area (Å²) in [7, 11) is 1.27. The van der Waals surface area contributed by atoms with Gasteiger partial charge in [0.15, 0.2) is 0 Å². The third-order valence-electron chi connectivity index (χ3n) is 2.07. The first-order valence-electron chi connectivity index (χ1n) is 5.68. The number of nitrogens with two attached hydrogens (primary N) is 1. The van der Waals surface area contributed by atoms with Crippen LogP contribution in [0.5, 0.6) is 0 Å². The number of carbonyl (C=O) groups excluding carboxylic acids is 2. The standard InChI is InChI=1S/C12H17N3O4/c1-18-12(17)15-10-4-2-3-9(7-10)14-11(16)8-19-6-5-13/h2-4,7H,5-6,8,13H2,1H3,(H,14,16)(H,15,17). The van der Waals surface area contributed by atoms with Crippen molar-refractivity contribution in [1.29, 1.82) is 0 Å². The Kier molecular flexibility index (Phi) is 6.34. The summed E-state index contributed by atoms with van der Waals surface area (Å²) in [5, 5.41) is 5.13. The fraction of sp³-hybridized carbons (Fsp3) is 0.333. The first kappa shape index (κ1) is 14.9. The van der Waals surface area contributed by atoms with E-state index in [-0.39, 0.29) is 12.5 Å². The van der Waals surface area contributed by atoms with Crippen LogP contribution in [0, 0.1) is 0 Å². The van der Waals surface area contributed by atoms with Gasteiger partial charge in [0, 0.05) is 17.9 Å². The van der Waals surface area contributed by atoms with E-state index in [1.54, 1.807) is 24.3 Å². The van der Waals surface area contributed by atoms with Crippen LogP contribution < -0.4 is 16.4 Å². The number of nitrogens with one attached hydrogen (secondary N) is 2. The van der Waals surface area contributed by atoms with Gasteiger partial charge in [0.2, 0.25) is 5.91 Å². The second kappa shape index (κ2) is 8.06. The highest BCUT2D eigenvalue weighted by Gasteiger charge is 2.04. The third kappa shape index (κ3) is 5.84. The molecule has 2 amide bonds. The van der Waals surface area contributed by atoms with Crippen LogP contribution in [0.25, 0.3) is 0 Å². The van der Waals surface area contributed by atoms with E-state index in [2.05, 4.69) is 15.4 Å². The first-order valence-corrected chi connectivity index (χ1v) is 5.68. The Hall–Kier alpha value is -2.12. The van der Waals surface area contributed by atoms with Crippen LogP contribution in [-0.4, -0.2) is 38.9 Å². The molecule has 0 spiro atoms. The lowest BCUT2D eigenvalue weighted by atomic mass is 10.3. The van der Waals surface area contributed by atoms with Crippen molar-refractivity contribution >= 4 is 23.4 Å². The second-order valence-corrected chi connectivity index (χ2v) is 3.59. The molecule has 4 N–H and O–H groups in total. The van der Waals surface area contributed by atoms with Crippen LogP contribution in [-0.2, 0) is 14.3 Å². The molecule has 0 aliphatic carbocycles. The minimum Gasteiger partial charge on any atom is -0.453 e. The van der Waals surface area contributed by atoms with E-state index in [0.29, 0.717) is 24.5 Å². The third-order valence-corrected chi connectivity index (χ3v) is 2.07. The lowest BCUT2D eigenvalue weighted by Gasteiger charge is -2.08. The van der Waals surface area contributed by atoms with E-state index in [1.165, 1.54) is 7.11 Å². The van der Waals surface area contributed by atoms with E-state index in [1.807, 2.05) is 0 Å². The smallest absolute Gasteiger partial charge is 0.411 e. The topological polar surface area (TPSA) is 103 Å². The number of hydrogen-bond donors (Lipinski definition) is 3. The van der Waals surface area contributed by atoms with Crippen LogP contribution >= 0.6 is 0 Å². The zero-order valence-corrected chi connectivity index (χ0v) is 10.6. The molecule has 0 unspecified atom stereocenters. The van der Waals surface area contributed by atoms with Crippen molar-refractivity contribution in [2.24, 2.45) is 5.73 Å². The molecule has 0 saturated heterocycles. The van der Waals surface area contributed by atoms with Gasteiger partial charge in [-0.1, -0.05) is 6.07 Å². The highest BCUT2D eigenvalue weighted by molar-refractivity contribution is 5.93. The Bertz CT molecular complexity index is 437. The average molecular weight is 267 g/mol. The van der Waals surface area contributed by atoms with Crippen molar-refractivity contribution in [2.45, 2.75) is 0 Å². The summed E-state index contributed by atoms with van der Waals surface area (Å²) in [5.41, 5.74) is 6.31. The predicted molar refractivity (Wildman–Crippen MR) is 71.0 cm³/mol. The number of rotatable bonds is 6. The second-order valence-electron chi connectivity index (χ2n) is 3.59. The van der Waals surface area contributed by atoms with Crippen molar-refractivity contribution in [3.05, 3.63) is 24.3 Å². The van der Waals surface area contributed by atoms with Crippen molar-refractivity contribution in [1.82, 2.24) is 0 Å².